The van der Waals surface area contributed by atoms with E-state index in [9.17, 15) is 14.4 Å². The van der Waals surface area contributed by atoms with Crippen LogP contribution in [0.15, 0.2) is 42.5 Å². The Hall–Kier alpha value is -2.95. The lowest BCUT2D eigenvalue weighted by atomic mass is 9.63. The van der Waals surface area contributed by atoms with E-state index in [2.05, 4.69) is 13.8 Å². The summed E-state index contributed by atoms with van der Waals surface area (Å²) in [6, 6.07) is 12.0. The largest absolute Gasteiger partial charge is 0.456 e. The number of fused-ring (bicyclic) bond motifs is 1. The Morgan fingerprint density at radius 3 is 2.09 bits per heavy atom. The van der Waals surface area contributed by atoms with Gasteiger partial charge in [0.1, 0.15) is 11.4 Å². The average Bonchev–Trinajstić information content (AvgIpc) is 2.71. The topological polar surface area (TPSA) is 69.7 Å². The Morgan fingerprint density at radius 1 is 0.875 bits per heavy atom. The molecule has 2 aromatic rings. The minimum atomic E-state index is -0.888. The number of esters is 2. The predicted octanol–water partition coefficient (Wildman–Crippen LogP) is 5.60. The highest BCUT2D eigenvalue weighted by atomic mass is 16.6. The molecule has 0 aliphatic heterocycles. The number of aryl methyl sites for hydroxylation is 1. The molecule has 2 aromatic carbocycles. The van der Waals surface area contributed by atoms with E-state index >= 15 is 0 Å². The zero-order valence-electron chi connectivity index (χ0n) is 19.9. The second-order valence-corrected chi connectivity index (χ2v) is 9.84. The van der Waals surface area contributed by atoms with Gasteiger partial charge in [-0.05, 0) is 86.4 Å². The molecule has 0 amide bonds. The first kappa shape index (κ1) is 23.7. The van der Waals surface area contributed by atoms with Crippen LogP contribution in [0.4, 0.5) is 0 Å². The maximum Gasteiger partial charge on any atom is 0.380 e. The molecule has 0 spiro atoms. The van der Waals surface area contributed by atoms with Crippen LogP contribution >= 0.6 is 0 Å². The number of rotatable bonds is 4. The van der Waals surface area contributed by atoms with E-state index in [-0.39, 0.29) is 17.6 Å². The van der Waals surface area contributed by atoms with E-state index in [0.29, 0.717) is 11.5 Å². The zero-order valence-corrected chi connectivity index (χ0v) is 19.9. The van der Waals surface area contributed by atoms with Gasteiger partial charge in [0, 0.05) is 0 Å². The molecule has 0 saturated heterocycles. The van der Waals surface area contributed by atoms with E-state index in [1.54, 1.807) is 20.8 Å². The Bertz CT molecular complexity index is 1030. The molecule has 0 saturated carbocycles. The SMILES string of the molecule is Cc1cccc2c1C(C)C(C)C(C)C2C(=O)C(=O)Oc1ccc(C(=O)OC(C)(C)C)cc1. The molecule has 0 fully saturated rings. The predicted molar refractivity (Wildman–Crippen MR) is 123 cm³/mol. The number of benzene rings is 2. The zero-order chi connectivity index (χ0) is 23.8. The molecule has 4 atom stereocenters. The van der Waals surface area contributed by atoms with Gasteiger partial charge < -0.3 is 9.47 Å². The van der Waals surface area contributed by atoms with Gasteiger partial charge in [0.05, 0.1) is 11.5 Å². The molecule has 0 aromatic heterocycles. The highest BCUT2D eigenvalue weighted by molar-refractivity contribution is 6.36. The van der Waals surface area contributed by atoms with Gasteiger partial charge in [0.25, 0.3) is 0 Å². The van der Waals surface area contributed by atoms with Crippen LogP contribution < -0.4 is 4.74 Å². The van der Waals surface area contributed by atoms with E-state index < -0.39 is 29.2 Å². The number of hydrogen-bond donors (Lipinski definition) is 0. The minimum absolute atomic E-state index is 0.00824. The lowest BCUT2D eigenvalue weighted by Crippen LogP contribution is -2.38. The third-order valence-electron chi connectivity index (χ3n) is 6.48. The van der Waals surface area contributed by atoms with Crippen molar-refractivity contribution in [3.8, 4) is 5.75 Å². The maximum atomic E-state index is 13.2. The van der Waals surface area contributed by atoms with Crippen molar-refractivity contribution in [2.24, 2.45) is 11.8 Å². The van der Waals surface area contributed by atoms with Crippen LogP contribution in [0.3, 0.4) is 0 Å². The Labute approximate surface area is 190 Å². The monoisotopic (exact) mass is 436 g/mol. The van der Waals surface area contributed by atoms with Crippen molar-refractivity contribution < 1.29 is 23.9 Å². The number of carbonyl (C=O) groups is 3. The Morgan fingerprint density at radius 2 is 1.50 bits per heavy atom. The van der Waals surface area contributed by atoms with Crippen LogP contribution in [-0.4, -0.2) is 23.3 Å². The number of Topliss-reactive ketones (excluding diaryl/α,β-unsaturated/α-hetero) is 1. The molecule has 32 heavy (non-hydrogen) atoms. The van der Waals surface area contributed by atoms with Crippen LogP contribution in [-0.2, 0) is 14.3 Å². The summed E-state index contributed by atoms with van der Waals surface area (Å²) in [6.45, 7) is 13.8. The number of carbonyl (C=O) groups excluding carboxylic acids is 3. The Balaban J connectivity index is 1.79. The summed E-state index contributed by atoms with van der Waals surface area (Å²) in [5.41, 5.74) is 2.96. The summed E-state index contributed by atoms with van der Waals surface area (Å²) in [5, 5.41) is 0. The molecule has 4 unspecified atom stereocenters. The van der Waals surface area contributed by atoms with Crippen LogP contribution in [0, 0.1) is 18.8 Å². The van der Waals surface area contributed by atoms with Gasteiger partial charge in [-0.15, -0.1) is 0 Å². The van der Waals surface area contributed by atoms with Crippen molar-refractivity contribution in [1.82, 2.24) is 0 Å². The third-order valence-corrected chi connectivity index (χ3v) is 6.48. The molecular weight excluding hydrogens is 404 g/mol. The first-order chi connectivity index (χ1) is 14.9. The van der Waals surface area contributed by atoms with Crippen molar-refractivity contribution in [3.05, 3.63) is 64.7 Å². The van der Waals surface area contributed by atoms with Crippen molar-refractivity contribution in [1.29, 1.82) is 0 Å². The molecule has 5 heteroatoms. The van der Waals surface area contributed by atoms with Gasteiger partial charge in [-0.3, -0.25) is 4.79 Å². The summed E-state index contributed by atoms with van der Waals surface area (Å²) in [7, 11) is 0. The first-order valence-corrected chi connectivity index (χ1v) is 11.1. The van der Waals surface area contributed by atoms with Gasteiger partial charge in [-0.25, -0.2) is 9.59 Å². The quantitative estimate of drug-likeness (QED) is 0.355. The van der Waals surface area contributed by atoms with Gasteiger partial charge >= 0.3 is 11.9 Å². The van der Waals surface area contributed by atoms with Gasteiger partial charge in [0.2, 0.25) is 5.78 Å². The standard InChI is InChI=1S/C27H32O5/c1-15-9-8-10-21-22(15)17(3)16(2)18(4)23(21)24(28)26(30)31-20-13-11-19(12-14-20)25(29)32-27(5,6)7/h8-14,16-18,23H,1-7H3. The number of hydrogen-bond acceptors (Lipinski definition) is 5. The van der Waals surface area contributed by atoms with Gasteiger partial charge in [-0.2, -0.15) is 0 Å². The minimum Gasteiger partial charge on any atom is -0.456 e. The van der Waals surface area contributed by atoms with Crippen LogP contribution in [0.25, 0.3) is 0 Å². The fourth-order valence-electron chi connectivity index (χ4n) is 4.56. The van der Waals surface area contributed by atoms with Gasteiger partial charge in [0.15, 0.2) is 0 Å². The van der Waals surface area contributed by atoms with Crippen molar-refractivity contribution >= 4 is 17.7 Å². The van der Waals surface area contributed by atoms with E-state index in [4.69, 9.17) is 9.47 Å². The fraction of sp³-hybridized carbons (Fsp3) is 0.444. The maximum absolute atomic E-state index is 13.2. The van der Waals surface area contributed by atoms with E-state index in [1.807, 2.05) is 32.0 Å². The molecule has 0 N–H and O–H groups in total. The van der Waals surface area contributed by atoms with Crippen LogP contribution in [0.5, 0.6) is 5.75 Å². The molecule has 0 heterocycles. The summed E-state index contributed by atoms with van der Waals surface area (Å²) in [4.78, 5) is 38.2. The first-order valence-electron chi connectivity index (χ1n) is 11.1. The average molecular weight is 437 g/mol. The lowest BCUT2D eigenvalue weighted by molar-refractivity contribution is -0.148. The summed E-state index contributed by atoms with van der Waals surface area (Å²) in [5.74, 6) is -1.65. The molecule has 0 bridgehead atoms. The fourth-order valence-corrected chi connectivity index (χ4v) is 4.56. The normalized spacial score (nSPS) is 22.6. The summed E-state index contributed by atoms with van der Waals surface area (Å²) in [6.07, 6.45) is 0. The van der Waals surface area contributed by atoms with E-state index in [0.717, 1.165) is 16.7 Å². The van der Waals surface area contributed by atoms with Crippen molar-refractivity contribution in [2.45, 2.75) is 65.9 Å². The highest BCUT2D eigenvalue weighted by Gasteiger charge is 2.43. The summed E-state index contributed by atoms with van der Waals surface area (Å²) < 4.78 is 10.7. The molecule has 1 aliphatic rings. The van der Waals surface area contributed by atoms with Crippen molar-refractivity contribution in [2.75, 3.05) is 0 Å². The van der Waals surface area contributed by atoms with Gasteiger partial charge in [-0.1, -0.05) is 39.0 Å². The number of ketones is 1. The molecule has 1 aliphatic carbocycles. The second kappa shape index (κ2) is 8.89. The third kappa shape index (κ3) is 4.77. The summed E-state index contributed by atoms with van der Waals surface area (Å²) >= 11 is 0. The molecule has 5 nitrogen and oxygen atoms in total. The van der Waals surface area contributed by atoms with Crippen molar-refractivity contribution in [3.63, 3.8) is 0 Å². The van der Waals surface area contributed by atoms with Crippen LogP contribution in [0.1, 0.15) is 80.4 Å². The lowest BCUT2D eigenvalue weighted by Gasteiger charge is -2.40. The van der Waals surface area contributed by atoms with E-state index in [1.165, 1.54) is 24.3 Å². The second-order valence-electron chi connectivity index (χ2n) is 9.84. The molecule has 170 valence electrons. The molecular formula is C27H32O5. The molecule has 3 rings (SSSR count). The number of ether oxygens (including phenoxy) is 2. The van der Waals surface area contributed by atoms with Crippen LogP contribution in [0.2, 0.25) is 0 Å². The highest BCUT2D eigenvalue weighted by Crippen LogP contribution is 2.47. The molecule has 0 radical (unpaired) electrons. The smallest absolute Gasteiger partial charge is 0.380 e. The Kier molecular flexibility index (Phi) is 6.59.